The molecule has 2 heterocycles. The van der Waals surface area contributed by atoms with Gasteiger partial charge < -0.3 is 45.8 Å². The molecule has 2 aliphatic carbocycles. The fourth-order valence-electron chi connectivity index (χ4n) is 7.53. The predicted molar refractivity (Wildman–Crippen MR) is 186 cm³/mol. The number of ketones is 2. The summed E-state index contributed by atoms with van der Waals surface area (Å²) in [5.41, 5.74) is 4.39. The zero-order chi connectivity index (χ0) is 39.1. The Bertz CT molecular complexity index is 1930. The van der Waals surface area contributed by atoms with Crippen LogP contribution in [0.3, 0.4) is 0 Å². The molecular formula is C37H42N4O13. The Hall–Kier alpha value is -4.88. The van der Waals surface area contributed by atoms with Crippen LogP contribution >= 0.6 is 0 Å². The van der Waals surface area contributed by atoms with Crippen LogP contribution < -0.4 is 11.2 Å². The lowest BCUT2D eigenvalue weighted by molar-refractivity contribution is -0.245. The maximum atomic E-state index is 13.9. The number of amides is 3. The van der Waals surface area contributed by atoms with Gasteiger partial charge in [0.15, 0.2) is 17.9 Å². The Balaban J connectivity index is 1.29. The molecule has 0 spiro atoms. The van der Waals surface area contributed by atoms with Crippen LogP contribution in [0.25, 0.3) is 0 Å². The number of nitrogens with one attached hydrogen (secondary N) is 1. The Morgan fingerprint density at radius 1 is 1.04 bits per heavy atom. The number of unbranched alkanes of at least 4 members (excludes halogenated alkanes) is 2. The highest BCUT2D eigenvalue weighted by molar-refractivity contribution is 6.31. The highest BCUT2D eigenvalue weighted by Gasteiger charge is 2.49. The van der Waals surface area contributed by atoms with Crippen LogP contribution in [0.5, 0.6) is 11.5 Å². The summed E-state index contributed by atoms with van der Waals surface area (Å²) in [6.45, 7) is 0.302. The van der Waals surface area contributed by atoms with Gasteiger partial charge in [-0.05, 0) is 25.3 Å². The first-order valence-corrected chi connectivity index (χ1v) is 17.6. The first kappa shape index (κ1) is 38.8. The van der Waals surface area contributed by atoms with Gasteiger partial charge in [-0.25, -0.2) is 5.43 Å². The van der Waals surface area contributed by atoms with E-state index in [9.17, 15) is 54.6 Å². The summed E-state index contributed by atoms with van der Waals surface area (Å²) >= 11 is 0. The van der Waals surface area contributed by atoms with Gasteiger partial charge in [-0.1, -0.05) is 24.6 Å². The number of hydrogen-bond acceptors (Lipinski definition) is 15. The highest BCUT2D eigenvalue weighted by Crippen LogP contribution is 2.52. The number of phenols is 2. The largest absolute Gasteiger partial charge is 0.507 e. The van der Waals surface area contributed by atoms with Gasteiger partial charge in [-0.15, -0.1) is 0 Å². The molecule has 0 saturated carbocycles. The molecule has 1 fully saturated rings. The van der Waals surface area contributed by atoms with Gasteiger partial charge in [-0.2, -0.15) is 5.10 Å². The standard InChI is InChI=1S/C37H42N4O13/c1-17-32(47)21(38)12-27(53-17)54-22-14-37(52,23(16-43)39-40-24(44)8-3-2-4-11-41-25(45)9-10-26(41)46)13-20-29(22)36(51)31-30(34(20)49)33(48)19-7-5-6-18(15-42)28(19)35(31)50/h5-7,9-10,17,21-22,27,32,42-43,47,49,51-52H,2-4,8,11-16,38H2,1H3,(H,40,44)/b39-23+/t17?,21?,22-,27-,32-,37-/m0/s1. The molecule has 288 valence electrons. The number of benzene rings is 2. The SMILES string of the molecule is CC1O[C@@H](O[C@H]2C[C@](O)(/C(CO)=N/NC(=O)CCCCCN3C(=O)C=CC3=O)Cc3c(O)c4c(c(O)c32)C(=O)c2c(CO)cccc2C4=O)CC(N)[C@H]1O. The third-order valence-electron chi connectivity index (χ3n) is 10.4. The fourth-order valence-corrected chi connectivity index (χ4v) is 7.53. The number of fused-ring (bicyclic) bond motifs is 3. The Morgan fingerprint density at radius 2 is 1.74 bits per heavy atom. The smallest absolute Gasteiger partial charge is 0.253 e. The van der Waals surface area contributed by atoms with Gasteiger partial charge in [-0.3, -0.25) is 28.9 Å². The van der Waals surface area contributed by atoms with Gasteiger partial charge >= 0.3 is 0 Å². The zero-order valence-electron chi connectivity index (χ0n) is 29.4. The summed E-state index contributed by atoms with van der Waals surface area (Å²) in [6, 6.07) is 3.47. The average molecular weight is 751 g/mol. The average Bonchev–Trinajstić information content (AvgIpc) is 3.46. The third kappa shape index (κ3) is 7.06. The van der Waals surface area contributed by atoms with Crippen molar-refractivity contribution < 1.29 is 64.1 Å². The van der Waals surface area contributed by atoms with Crippen LogP contribution in [-0.2, 0) is 36.9 Å². The van der Waals surface area contributed by atoms with Gasteiger partial charge in [0.05, 0.1) is 48.4 Å². The second-order valence-electron chi connectivity index (χ2n) is 13.9. The van der Waals surface area contributed by atoms with Crippen LogP contribution in [0.4, 0.5) is 0 Å². The normalized spacial score (nSPS) is 26.5. The van der Waals surface area contributed by atoms with E-state index in [1.807, 2.05) is 0 Å². The quantitative estimate of drug-likeness (QED) is 0.0394. The van der Waals surface area contributed by atoms with E-state index in [0.29, 0.717) is 19.3 Å². The molecule has 54 heavy (non-hydrogen) atoms. The molecule has 2 aliphatic heterocycles. The molecule has 6 atom stereocenters. The molecule has 0 aromatic heterocycles. The van der Waals surface area contributed by atoms with Crippen LogP contribution in [0.2, 0.25) is 0 Å². The van der Waals surface area contributed by atoms with Crippen molar-refractivity contribution in [2.45, 2.75) is 94.7 Å². The number of aliphatic hydroxyl groups excluding tert-OH is 3. The van der Waals surface area contributed by atoms with Crippen LogP contribution in [0.1, 0.15) is 100 Å². The number of nitrogens with two attached hydrogens (primary N) is 1. The van der Waals surface area contributed by atoms with Crippen LogP contribution in [0.15, 0.2) is 35.5 Å². The number of nitrogens with zero attached hydrogens (tertiary/aromatic N) is 2. The maximum Gasteiger partial charge on any atom is 0.253 e. The van der Waals surface area contributed by atoms with Gasteiger partial charge in [0.1, 0.15) is 17.1 Å². The topological polar surface area (TPSA) is 279 Å². The minimum atomic E-state index is -2.17. The van der Waals surface area contributed by atoms with E-state index in [2.05, 4.69) is 10.5 Å². The van der Waals surface area contributed by atoms with E-state index in [0.717, 1.165) is 4.90 Å². The molecule has 17 heteroatoms. The van der Waals surface area contributed by atoms with E-state index in [1.165, 1.54) is 30.4 Å². The molecule has 2 aromatic rings. The lowest BCUT2D eigenvalue weighted by atomic mass is 9.71. The Morgan fingerprint density at radius 3 is 2.41 bits per heavy atom. The molecule has 0 radical (unpaired) electrons. The Kier molecular flexibility index (Phi) is 11.1. The molecule has 4 aliphatic rings. The number of hydrogen-bond donors (Lipinski definition) is 8. The van der Waals surface area contributed by atoms with Crippen molar-refractivity contribution in [3.05, 3.63) is 69.3 Å². The summed E-state index contributed by atoms with van der Waals surface area (Å²) in [7, 11) is 0. The summed E-state index contributed by atoms with van der Waals surface area (Å²) in [5.74, 6) is -4.45. The van der Waals surface area contributed by atoms with Gasteiger partial charge in [0.25, 0.3) is 11.8 Å². The van der Waals surface area contributed by atoms with Crippen molar-refractivity contribution in [3.8, 4) is 11.5 Å². The van der Waals surface area contributed by atoms with E-state index < -0.39 is 114 Å². The molecular weight excluding hydrogens is 708 g/mol. The molecule has 9 N–H and O–H groups in total. The fraction of sp³-hybridized carbons (Fsp3) is 0.459. The number of imide groups is 1. The maximum absolute atomic E-state index is 13.9. The lowest BCUT2D eigenvalue weighted by Gasteiger charge is -2.43. The molecule has 3 amide bonds. The second kappa shape index (κ2) is 15.5. The van der Waals surface area contributed by atoms with E-state index in [4.69, 9.17) is 15.2 Å². The van der Waals surface area contributed by atoms with E-state index in [1.54, 1.807) is 6.92 Å². The van der Waals surface area contributed by atoms with Gasteiger partial charge in [0.2, 0.25) is 5.91 Å². The number of aromatic hydroxyl groups is 2. The van der Waals surface area contributed by atoms with Crippen LogP contribution in [-0.4, -0.2) is 114 Å². The van der Waals surface area contributed by atoms with Gasteiger partial charge in [0, 0.05) is 72.7 Å². The van der Waals surface area contributed by atoms with E-state index >= 15 is 0 Å². The number of carbonyl (C=O) groups is 5. The van der Waals surface area contributed by atoms with Crippen molar-refractivity contribution in [2.75, 3.05) is 13.2 Å². The van der Waals surface area contributed by atoms with Crippen molar-refractivity contribution in [1.29, 1.82) is 0 Å². The minimum Gasteiger partial charge on any atom is -0.507 e. The first-order chi connectivity index (χ1) is 25.7. The number of rotatable bonds is 12. The number of carbonyl (C=O) groups excluding carboxylic acids is 5. The lowest BCUT2D eigenvalue weighted by Crippen LogP contribution is -2.53. The summed E-state index contributed by atoms with van der Waals surface area (Å²) < 4.78 is 12.0. The zero-order valence-corrected chi connectivity index (χ0v) is 29.4. The minimum absolute atomic E-state index is 0.0188. The monoisotopic (exact) mass is 750 g/mol. The van der Waals surface area contributed by atoms with Crippen LogP contribution in [0, 0.1) is 0 Å². The molecule has 17 nitrogen and oxygen atoms in total. The molecule has 6 rings (SSSR count). The number of hydrazone groups is 1. The molecule has 2 unspecified atom stereocenters. The summed E-state index contributed by atoms with van der Waals surface area (Å²) in [6.07, 6.45) is -1.68. The Labute approximate surface area is 308 Å². The number of phenolic OH excluding ortho intramolecular Hbond substituents is 2. The van der Waals surface area contributed by atoms with E-state index in [-0.39, 0.29) is 52.9 Å². The molecule has 1 saturated heterocycles. The summed E-state index contributed by atoms with van der Waals surface area (Å²) in [4.78, 5) is 65.0. The first-order valence-electron chi connectivity index (χ1n) is 17.6. The second-order valence-corrected chi connectivity index (χ2v) is 13.9. The van der Waals surface area contributed by atoms with Crippen molar-refractivity contribution in [3.63, 3.8) is 0 Å². The summed E-state index contributed by atoms with van der Waals surface area (Å²) in [5, 5.41) is 70.3. The third-order valence-corrected chi connectivity index (χ3v) is 10.4. The van der Waals surface area contributed by atoms with Crippen molar-refractivity contribution in [2.24, 2.45) is 10.8 Å². The molecule has 2 aromatic carbocycles. The molecule has 0 bridgehead atoms. The highest BCUT2D eigenvalue weighted by atomic mass is 16.7. The predicted octanol–water partition coefficient (Wildman–Crippen LogP) is -0.126. The number of aliphatic hydroxyl groups is 4. The number of ether oxygens (including phenoxy) is 2. The van der Waals surface area contributed by atoms with Crippen molar-refractivity contribution in [1.82, 2.24) is 10.3 Å². The van der Waals surface area contributed by atoms with Crippen molar-refractivity contribution >= 4 is 35.0 Å².